The maximum absolute atomic E-state index is 8.99. The molecule has 4 heteroatoms. The lowest BCUT2D eigenvalue weighted by molar-refractivity contribution is 0.670. The zero-order valence-corrected chi connectivity index (χ0v) is 29.2. The van der Waals surface area contributed by atoms with Crippen molar-refractivity contribution < 1.29 is 15.4 Å². The molecule has 0 N–H and O–H groups in total. The average molecular weight is 712 g/mol. The maximum Gasteiger partial charge on any atom is 0.164 e. The number of furan rings is 1. The van der Waals surface area contributed by atoms with Crippen molar-refractivity contribution in [2.24, 2.45) is 0 Å². The van der Waals surface area contributed by atoms with Gasteiger partial charge in [-0.1, -0.05) is 182 Å². The van der Waals surface area contributed by atoms with Crippen LogP contribution in [0.5, 0.6) is 0 Å². The van der Waals surface area contributed by atoms with Crippen LogP contribution in [0, 0.1) is 0 Å². The molecule has 0 saturated heterocycles. The van der Waals surface area contributed by atoms with Gasteiger partial charge >= 0.3 is 0 Å². The van der Waals surface area contributed by atoms with E-state index in [9.17, 15) is 0 Å². The van der Waals surface area contributed by atoms with Crippen molar-refractivity contribution in [2.45, 2.75) is 0 Å². The molecule has 4 nitrogen and oxygen atoms in total. The first-order valence-corrected chi connectivity index (χ1v) is 17.8. The van der Waals surface area contributed by atoms with Crippen LogP contribution in [0.1, 0.15) is 11.0 Å². The van der Waals surface area contributed by atoms with Gasteiger partial charge < -0.3 is 4.42 Å². The monoisotopic (exact) mass is 711 g/mol. The van der Waals surface area contributed by atoms with Crippen LogP contribution >= 0.6 is 0 Å². The lowest BCUT2D eigenvalue weighted by Gasteiger charge is -2.10. The van der Waals surface area contributed by atoms with Crippen LogP contribution in [0.2, 0.25) is 0 Å². The molecular formula is C51H33N3O. The summed E-state index contributed by atoms with van der Waals surface area (Å²) >= 11 is 0. The largest absolute Gasteiger partial charge is 0.455 e. The maximum atomic E-state index is 8.99. The highest BCUT2D eigenvalue weighted by atomic mass is 16.3. The van der Waals surface area contributed by atoms with Gasteiger partial charge in [-0.15, -0.1) is 0 Å². The molecule has 0 aliphatic carbocycles. The Bertz CT molecular complexity index is 3400. The zero-order chi connectivity index (χ0) is 43.5. The van der Waals surface area contributed by atoms with Crippen LogP contribution in [0.25, 0.3) is 101 Å². The van der Waals surface area contributed by atoms with Crippen LogP contribution in [0.15, 0.2) is 204 Å². The van der Waals surface area contributed by atoms with Crippen molar-refractivity contribution in [3.05, 3.63) is 200 Å². The van der Waals surface area contributed by atoms with Crippen molar-refractivity contribution in [1.29, 1.82) is 0 Å². The number of fused-ring (bicyclic) bond motifs is 3. The fourth-order valence-electron chi connectivity index (χ4n) is 6.96. The Kier molecular flexibility index (Phi) is 6.23. The van der Waals surface area contributed by atoms with Gasteiger partial charge in [0.25, 0.3) is 0 Å². The van der Waals surface area contributed by atoms with Gasteiger partial charge in [0.15, 0.2) is 17.5 Å². The molecule has 0 bridgehead atoms. The number of aromatic nitrogens is 3. The molecule has 10 rings (SSSR count). The molecule has 0 saturated carbocycles. The Labute approximate surface area is 330 Å². The second kappa shape index (κ2) is 13.8. The van der Waals surface area contributed by atoms with Crippen LogP contribution in [-0.4, -0.2) is 15.0 Å². The number of hydrogen-bond donors (Lipinski definition) is 0. The Morgan fingerprint density at radius 3 is 1.64 bits per heavy atom. The molecule has 0 spiro atoms. The van der Waals surface area contributed by atoms with E-state index in [1.165, 1.54) is 6.07 Å². The topological polar surface area (TPSA) is 51.8 Å². The highest BCUT2D eigenvalue weighted by molar-refractivity contribution is 6.15. The molecule has 258 valence electrons. The first kappa shape index (κ1) is 24.7. The zero-order valence-electron chi connectivity index (χ0n) is 37.2. The van der Waals surface area contributed by atoms with E-state index in [-0.39, 0.29) is 22.7 Å². The summed E-state index contributed by atoms with van der Waals surface area (Å²) in [6, 6.07) is 45.2. The molecule has 55 heavy (non-hydrogen) atoms. The minimum atomic E-state index is -0.563. The highest BCUT2D eigenvalue weighted by Gasteiger charge is 2.20. The van der Waals surface area contributed by atoms with Crippen molar-refractivity contribution in [1.82, 2.24) is 15.0 Å². The lowest BCUT2D eigenvalue weighted by atomic mass is 9.97. The van der Waals surface area contributed by atoms with Gasteiger partial charge in [0.05, 0.1) is 11.0 Å². The van der Waals surface area contributed by atoms with Gasteiger partial charge in [-0.05, 0) is 57.1 Å². The number of benzene rings is 8. The third kappa shape index (κ3) is 6.16. The molecular weight excluding hydrogens is 671 g/mol. The van der Waals surface area contributed by atoms with Gasteiger partial charge in [0.1, 0.15) is 11.2 Å². The van der Waals surface area contributed by atoms with Crippen molar-refractivity contribution in [3.63, 3.8) is 0 Å². The smallest absolute Gasteiger partial charge is 0.164 e. The minimum absolute atomic E-state index is 0.0586. The second-order valence-electron chi connectivity index (χ2n) is 13.0. The van der Waals surface area contributed by atoms with Crippen molar-refractivity contribution >= 4 is 21.9 Å². The summed E-state index contributed by atoms with van der Waals surface area (Å²) in [7, 11) is 0. The summed E-state index contributed by atoms with van der Waals surface area (Å²) in [6.45, 7) is 0. The van der Waals surface area contributed by atoms with E-state index in [1.54, 1.807) is 12.1 Å². The van der Waals surface area contributed by atoms with E-state index < -0.39 is 42.3 Å². The summed E-state index contributed by atoms with van der Waals surface area (Å²) in [5.41, 5.74) is 7.95. The summed E-state index contributed by atoms with van der Waals surface area (Å²) < 4.78 is 74.8. The molecule has 8 aromatic carbocycles. The van der Waals surface area contributed by atoms with Gasteiger partial charge in [-0.3, -0.25) is 0 Å². The molecule has 0 aliphatic heterocycles. The standard InChI is InChI=1S/C51H33N3O/c1-4-14-34(15-5-1)39-20-10-21-40(32-39)36-28-30-38(31-29-36)50-52-49(37-18-8-3-9-19-37)53-51(54-50)45-26-13-27-46-47(45)44-25-12-24-43(48(44)55-46)42-23-11-22-41(33-42)35-16-6-2-7-17-35/h1-33H/i2D,6D,7D,11D,16D,17D,22D,23D. The number of rotatable bonds is 7. The minimum Gasteiger partial charge on any atom is -0.455 e. The summed E-state index contributed by atoms with van der Waals surface area (Å²) in [6.07, 6.45) is 0. The Morgan fingerprint density at radius 1 is 0.364 bits per heavy atom. The Morgan fingerprint density at radius 2 is 0.891 bits per heavy atom. The van der Waals surface area contributed by atoms with Crippen LogP contribution in [0.3, 0.4) is 0 Å². The van der Waals surface area contributed by atoms with E-state index in [0.717, 1.165) is 33.4 Å². The molecule has 0 unspecified atom stereocenters. The number of para-hydroxylation sites is 1. The SMILES string of the molecule is [2H]c1c(-c2c([2H])c([2H])c([2H])c([2H])c2[2H])cc(-c2cccc3c2oc2cccc(-c4nc(-c5ccccc5)nc(-c5ccc(-c6cccc(-c7ccccc7)c6)cc5)n4)c23)c([2H])c1[2H]. The molecule has 2 heterocycles. The van der Waals surface area contributed by atoms with Crippen molar-refractivity contribution in [2.75, 3.05) is 0 Å². The quantitative estimate of drug-likeness (QED) is 0.165. The predicted molar refractivity (Wildman–Crippen MR) is 225 cm³/mol. The van der Waals surface area contributed by atoms with E-state index >= 15 is 0 Å². The fraction of sp³-hybridized carbons (Fsp3) is 0. The van der Waals surface area contributed by atoms with E-state index in [2.05, 4.69) is 48.5 Å². The van der Waals surface area contributed by atoms with Crippen LogP contribution in [-0.2, 0) is 0 Å². The first-order chi connectivity index (χ1) is 30.6. The average Bonchev–Trinajstić information content (AvgIpc) is 3.73. The van der Waals surface area contributed by atoms with E-state index in [4.69, 9.17) is 30.3 Å². The summed E-state index contributed by atoms with van der Waals surface area (Å²) in [4.78, 5) is 15.1. The second-order valence-corrected chi connectivity index (χ2v) is 13.0. The normalized spacial score (nSPS) is 13.3. The molecule has 2 aromatic heterocycles. The lowest BCUT2D eigenvalue weighted by Crippen LogP contribution is -2.00. The van der Waals surface area contributed by atoms with Gasteiger partial charge in [-0.2, -0.15) is 0 Å². The third-order valence-corrected chi connectivity index (χ3v) is 9.62. The number of nitrogens with zero attached hydrogens (tertiary/aromatic N) is 3. The summed E-state index contributed by atoms with van der Waals surface area (Å²) in [5.74, 6) is 1.37. The number of hydrogen-bond acceptors (Lipinski definition) is 4. The first-order valence-electron chi connectivity index (χ1n) is 21.8. The Hall–Kier alpha value is -7.43. The molecule has 0 radical (unpaired) electrons. The van der Waals surface area contributed by atoms with Gasteiger partial charge in [-0.25, -0.2) is 15.0 Å². The molecule has 0 amide bonds. The Balaban J connectivity index is 1.11. The predicted octanol–water partition coefficient (Wildman–Crippen LogP) is 13.4. The molecule has 0 aliphatic rings. The molecule has 0 atom stereocenters. The van der Waals surface area contributed by atoms with Gasteiger partial charge in [0, 0.05) is 33.0 Å². The van der Waals surface area contributed by atoms with E-state index in [1.807, 2.05) is 84.9 Å². The van der Waals surface area contributed by atoms with E-state index in [0.29, 0.717) is 50.5 Å². The third-order valence-electron chi connectivity index (χ3n) is 9.62. The van der Waals surface area contributed by atoms with Crippen LogP contribution < -0.4 is 0 Å². The van der Waals surface area contributed by atoms with Gasteiger partial charge in [0.2, 0.25) is 0 Å². The molecule has 10 aromatic rings. The van der Waals surface area contributed by atoms with Crippen LogP contribution in [0.4, 0.5) is 0 Å². The highest BCUT2D eigenvalue weighted by Crippen LogP contribution is 2.41. The molecule has 0 fully saturated rings. The van der Waals surface area contributed by atoms with Crippen molar-refractivity contribution in [3.8, 4) is 78.7 Å². The fourth-order valence-corrected chi connectivity index (χ4v) is 6.96. The summed E-state index contributed by atoms with van der Waals surface area (Å²) in [5, 5.41) is 1.38.